The van der Waals surface area contributed by atoms with E-state index in [0.29, 0.717) is 4.90 Å². The molecule has 0 unspecified atom stereocenters. The van der Waals surface area contributed by atoms with Crippen molar-refractivity contribution in [2.75, 3.05) is 0 Å². The average Bonchev–Trinajstić information content (AvgIpc) is 1.88. The van der Waals surface area contributed by atoms with Crippen LogP contribution in [0.1, 0.15) is 5.56 Å². The van der Waals surface area contributed by atoms with Gasteiger partial charge in [0.25, 0.3) is 0 Å². The molecule has 0 aliphatic heterocycles. The topological polar surface area (TPSA) is 34.1 Å². The summed E-state index contributed by atoms with van der Waals surface area (Å²) in [6.07, 6.45) is 0. The third-order valence-corrected chi connectivity index (χ3v) is 1.96. The standard InChI is InChI=1S/C7H8O2S.K.H/c1-6-2-4-7(5-3-6)10(8)9;;/h2-5,10H,1H3;;. The Bertz CT molecular complexity index is 282. The Morgan fingerprint density at radius 1 is 1.09 bits per heavy atom. The molecule has 0 bridgehead atoms. The SMILES string of the molecule is Cc1ccc([SH](=O)=O)cc1.[KH]. The molecular formula is C7H9KO2S. The van der Waals surface area contributed by atoms with Crippen LogP contribution in [0.5, 0.6) is 0 Å². The first-order valence-electron chi connectivity index (χ1n) is 2.91. The molecule has 0 saturated heterocycles. The van der Waals surface area contributed by atoms with Gasteiger partial charge in [0.2, 0.25) is 0 Å². The molecule has 0 aliphatic carbocycles. The van der Waals surface area contributed by atoms with Gasteiger partial charge in [0, 0.05) is 0 Å². The minimum absolute atomic E-state index is 0. The molecule has 0 spiro atoms. The van der Waals surface area contributed by atoms with Crippen molar-refractivity contribution in [3.8, 4) is 0 Å². The Labute approximate surface area is 110 Å². The van der Waals surface area contributed by atoms with E-state index in [0.717, 1.165) is 5.56 Å². The maximum atomic E-state index is 10.3. The van der Waals surface area contributed by atoms with Crippen LogP contribution in [0.2, 0.25) is 0 Å². The van der Waals surface area contributed by atoms with E-state index >= 15 is 0 Å². The normalized spacial score (nSPS) is 9.27. The van der Waals surface area contributed by atoms with Gasteiger partial charge in [-0.2, -0.15) is 0 Å². The van der Waals surface area contributed by atoms with Gasteiger partial charge in [0.1, 0.15) is 0 Å². The predicted octanol–water partition coefficient (Wildman–Crippen LogP) is 0.317. The first kappa shape index (κ1) is 11.8. The molecule has 1 aromatic rings. The van der Waals surface area contributed by atoms with Crippen LogP contribution in [0.25, 0.3) is 0 Å². The van der Waals surface area contributed by atoms with Crippen molar-refractivity contribution in [3.63, 3.8) is 0 Å². The zero-order valence-corrected chi connectivity index (χ0v) is 6.47. The van der Waals surface area contributed by atoms with Crippen LogP contribution in [0.15, 0.2) is 29.2 Å². The van der Waals surface area contributed by atoms with Crippen molar-refractivity contribution >= 4 is 62.1 Å². The van der Waals surface area contributed by atoms with Crippen molar-refractivity contribution in [1.82, 2.24) is 0 Å². The van der Waals surface area contributed by atoms with Crippen molar-refractivity contribution < 1.29 is 8.42 Å². The summed E-state index contributed by atoms with van der Waals surface area (Å²) >= 11 is 0. The number of aryl methyl sites for hydroxylation is 1. The fourth-order valence-corrected chi connectivity index (χ4v) is 1.06. The second-order valence-corrected chi connectivity index (χ2v) is 3.12. The Morgan fingerprint density at radius 2 is 1.55 bits per heavy atom. The summed E-state index contributed by atoms with van der Waals surface area (Å²) < 4.78 is 20.7. The summed E-state index contributed by atoms with van der Waals surface area (Å²) in [7, 11) is -2.41. The van der Waals surface area contributed by atoms with E-state index in [1.165, 1.54) is 0 Å². The van der Waals surface area contributed by atoms with Crippen molar-refractivity contribution in [1.29, 1.82) is 0 Å². The summed E-state index contributed by atoms with van der Waals surface area (Å²) in [5.41, 5.74) is 1.07. The number of hydrogen-bond donors (Lipinski definition) is 1. The van der Waals surface area contributed by atoms with Crippen LogP contribution >= 0.6 is 0 Å². The fraction of sp³-hybridized carbons (Fsp3) is 0.143. The second-order valence-electron chi connectivity index (χ2n) is 2.09. The molecule has 1 aromatic carbocycles. The average molecular weight is 196 g/mol. The molecule has 0 fully saturated rings. The number of rotatable bonds is 1. The zero-order chi connectivity index (χ0) is 7.56. The van der Waals surface area contributed by atoms with E-state index in [2.05, 4.69) is 0 Å². The molecular weight excluding hydrogens is 187 g/mol. The van der Waals surface area contributed by atoms with E-state index in [1.807, 2.05) is 6.92 Å². The Morgan fingerprint density at radius 3 is 1.91 bits per heavy atom. The van der Waals surface area contributed by atoms with E-state index in [9.17, 15) is 8.42 Å². The molecule has 0 saturated carbocycles. The van der Waals surface area contributed by atoms with Gasteiger partial charge >= 0.3 is 51.4 Å². The Balaban J connectivity index is 0.000001000. The first-order valence-corrected chi connectivity index (χ1v) is 4.09. The molecule has 56 valence electrons. The van der Waals surface area contributed by atoms with Gasteiger partial charge in [-0.15, -0.1) is 0 Å². The number of thiol groups is 1. The number of hydrogen-bond acceptors (Lipinski definition) is 2. The van der Waals surface area contributed by atoms with Gasteiger partial charge in [0.15, 0.2) is 10.7 Å². The summed E-state index contributed by atoms with van der Waals surface area (Å²) in [4.78, 5) is 0.376. The molecule has 0 aromatic heterocycles. The Kier molecular flexibility index (Phi) is 5.85. The molecule has 0 atom stereocenters. The van der Waals surface area contributed by atoms with Crippen LogP contribution in [0.4, 0.5) is 0 Å². The van der Waals surface area contributed by atoms with E-state index in [-0.39, 0.29) is 51.4 Å². The van der Waals surface area contributed by atoms with Crippen LogP contribution in [0, 0.1) is 6.92 Å². The first-order chi connectivity index (χ1) is 4.70. The summed E-state index contributed by atoms with van der Waals surface area (Å²) in [5, 5.41) is 0. The van der Waals surface area contributed by atoms with Crippen LogP contribution in [-0.4, -0.2) is 59.8 Å². The minimum atomic E-state index is -2.41. The van der Waals surface area contributed by atoms with Gasteiger partial charge in [-0.1, -0.05) is 17.7 Å². The molecule has 2 nitrogen and oxygen atoms in total. The molecule has 0 N–H and O–H groups in total. The quantitative estimate of drug-likeness (QED) is 0.518. The molecule has 11 heavy (non-hydrogen) atoms. The predicted molar refractivity (Wildman–Crippen MR) is 46.9 cm³/mol. The van der Waals surface area contributed by atoms with Crippen molar-refractivity contribution in [2.24, 2.45) is 0 Å². The van der Waals surface area contributed by atoms with Gasteiger partial charge in [-0.25, -0.2) is 8.42 Å². The van der Waals surface area contributed by atoms with Crippen LogP contribution < -0.4 is 0 Å². The molecule has 4 heteroatoms. The monoisotopic (exact) mass is 196 g/mol. The number of benzene rings is 1. The van der Waals surface area contributed by atoms with Crippen molar-refractivity contribution in [2.45, 2.75) is 11.8 Å². The fourth-order valence-electron chi connectivity index (χ4n) is 0.666. The van der Waals surface area contributed by atoms with E-state index < -0.39 is 10.7 Å². The second kappa shape index (κ2) is 5.45. The van der Waals surface area contributed by atoms with E-state index in [4.69, 9.17) is 0 Å². The maximum absolute atomic E-state index is 10.3. The zero-order valence-electron chi connectivity index (χ0n) is 5.57. The van der Waals surface area contributed by atoms with Gasteiger partial charge < -0.3 is 0 Å². The third kappa shape index (κ3) is 3.82. The Hall–Kier alpha value is 0.806. The van der Waals surface area contributed by atoms with E-state index in [1.54, 1.807) is 24.3 Å². The third-order valence-electron chi connectivity index (χ3n) is 1.24. The van der Waals surface area contributed by atoms with Gasteiger partial charge in [-0.3, -0.25) is 0 Å². The van der Waals surface area contributed by atoms with Crippen LogP contribution in [-0.2, 0) is 10.7 Å². The molecule has 0 aliphatic rings. The van der Waals surface area contributed by atoms with Crippen LogP contribution in [0.3, 0.4) is 0 Å². The summed E-state index contributed by atoms with van der Waals surface area (Å²) in [5.74, 6) is 0. The molecule has 0 heterocycles. The van der Waals surface area contributed by atoms with Gasteiger partial charge in [0.05, 0.1) is 4.90 Å². The van der Waals surface area contributed by atoms with Crippen molar-refractivity contribution in [3.05, 3.63) is 29.8 Å². The molecule has 0 radical (unpaired) electrons. The van der Waals surface area contributed by atoms with Gasteiger partial charge in [-0.05, 0) is 19.1 Å². The summed E-state index contributed by atoms with van der Waals surface area (Å²) in [6, 6.07) is 6.75. The summed E-state index contributed by atoms with van der Waals surface area (Å²) in [6.45, 7) is 1.92. The molecule has 0 amide bonds. The molecule has 1 rings (SSSR count).